The smallest absolute Gasteiger partial charge is 0.315 e. The number of amides is 2. The Morgan fingerprint density at radius 3 is 3.10 bits per heavy atom. The number of imidazole rings is 1. The lowest BCUT2D eigenvalue weighted by molar-refractivity contribution is 0.0801. The zero-order chi connectivity index (χ0) is 14.5. The summed E-state index contributed by atoms with van der Waals surface area (Å²) in [5, 5.41) is 5.87. The fourth-order valence-electron chi connectivity index (χ4n) is 2.55. The molecule has 0 saturated carbocycles. The molecule has 6 nitrogen and oxygen atoms in total. The minimum absolute atomic E-state index is 0.109. The summed E-state index contributed by atoms with van der Waals surface area (Å²) in [5.74, 6) is 0.956. The number of nitrogens with zero attached hydrogens (tertiary/aromatic N) is 2. The summed E-state index contributed by atoms with van der Waals surface area (Å²) in [6, 6.07) is 6.10. The number of aromatic nitrogens is 2. The Balaban J connectivity index is 1.46. The van der Waals surface area contributed by atoms with Crippen molar-refractivity contribution in [3.8, 4) is 0 Å². The normalized spacial score (nSPS) is 16.0. The molecule has 2 aromatic heterocycles. The summed E-state index contributed by atoms with van der Waals surface area (Å²) >= 11 is 0. The van der Waals surface area contributed by atoms with Gasteiger partial charge in [-0.1, -0.05) is 6.07 Å². The predicted octanol–water partition coefficient (Wildman–Crippen LogP) is 1.35. The van der Waals surface area contributed by atoms with Gasteiger partial charge in [0.15, 0.2) is 0 Å². The van der Waals surface area contributed by atoms with Gasteiger partial charge in [0.25, 0.3) is 0 Å². The van der Waals surface area contributed by atoms with Crippen molar-refractivity contribution in [3.63, 3.8) is 0 Å². The summed E-state index contributed by atoms with van der Waals surface area (Å²) < 4.78 is 7.31. The summed E-state index contributed by atoms with van der Waals surface area (Å²) in [6.07, 6.45) is 6.31. The Morgan fingerprint density at radius 2 is 2.24 bits per heavy atom. The minimum atomic E-state index is -0.109. The van der Waals surface area contributed by atoms with Gasteiger partial charge >= 0.3 is 6.03 Å². The fourth-order valence-corrected chi connectivity index (χ4v) is 2.55. The van der Waals surface area contributed by atoms with Crippen molar-refractivity contribution < 1.29 is 9.53 Å². The first-order valence-electron chi connectivity index (χ1n) is 7.36. The van der Waals surface area contributed by atoms with E-state index in [0.29, 0.717) is 13.0 Å². The molecule has 3 heterocycles. The Kier molecular flexibility index (Phi) is 4.35. The Hall–Kier alpha value is -2.08. The maximum Gasteiger partial charge on any atom is 0.315 e. The van der Waals surface area contributed by atoms with Crippen LogP contribution >= 0.6 is 0 Å². The maximum absolute atomic E-state index is 11.8. The van der Waals surface area contributed by atoms with Gasteiger partial charge < -0.3 is 19.8 Å². The molecule has 3 rings (SSSR count). The van der Waals surface area contributed by atoms with E-state index in [1.807, 2.05) is 35.0 Å². The first-order chi connectivity index (χ1) is 10.3. The van der Waals surface area contributed by atoms with E-state index in [0.717, 1.165) is 37.4 Å². The molecular weight excluding hydrogens is 268 g/mol. The van der Waals surface area contributed by atoms with Gasteiger partial charge in [0.1, 0.15) is 5.82 Å². The maximum atomic E-state index is 11.8. The molecule has 2 N–H and O–H groups in total. The lowest BCUT2D eigenvalue weighted by atomic mass is 10.1. The van der Waals surface area contributed by atoms with Gasteiger partial charge in [-0.15, -0.1) is 0 Å². The van der Waals surface area contributed by atoms with Gasteiger partial charge in [-0.2, -0.15) is 0 Å². The highest BCUT2D eigenvalue weighted by Crippen LogP contribution is 2.07. The van der Waals surface area contributed by atoms with Crippen molar-refractivity contribution in [2.45, 2.75) is 25.3 Å². The van der Waals surface area contributed by atoms with E-state index in [2.05, 4.69) is 15.6 Å². The largest absolute Gasteiger partial charge is 0.381 e. The molecule has 2 amide bonds. The number of carbonyl (C=O) groups is 1. The van der Waals surface area contributed by atoms with Crippen LogP contribution in [-0.2, 0) is 11.2 Å². The van der Waals surface area contributed by atoms with Crippen LogP contribution in [0.25, 0.3) is 5.52 Å². The van der Waals surface area contributed by atoms with Gasteiger partial charge in [-0.05, 0) is 25.0 Å². The van der Waals surface area contributed by atoms with Gasteiger partial charge in [-0.25, -0.2) is 9.78 Å². The van der Waals surface area contributed by atoms with E-state index in [-0.39, 0.29) is 12.1 Å². The molecule has 1 aliphatic heterocycles. The molecule has 0 spiro atoms. The van der Waals surface area contributed by atoms with Crippen molar-refractivity contribution in [2.24, 2.45) is 0 Å². The molecule has 0 unspecified atom stereocenters. The molecule has 0 radical (unpaired) electrons. The molecule has 6 heteroatoms. The third-order valence-corrected chi connectivity index (χ3v) is 3.71. The highest BCUT2D eigenvalue weighted by molar-refractivity contribution is 5.74. The molecule has 0 aliphatic carbocycles. The van der Waals surface area contributed by atoms with E-state index in [4.69, 9.17) is 4.74 Å². The van der Waals surface area contributed by atoms with Crippen LogP contribution in [0.5, 0.6) is 0 Å². The summed E-state index contributed by atoms with van der Waals surface area (Å²) in [6.45, 7) is 2.03. The Morgan fingerprint density at radius 1 is 1.38 bits per heavy atom. The molecule has 1 saturated heterocycles. The minimum Gasteiger partial charge on any atom is -0.381 e. The fraction of sp³-hybridized carbons (Fsp3) is 0.467. The first kappa shape index (κ1) is 13.9. The number of rotatable bonds is 4. The third-order valence-electron chi connectivity index (χ3n) is 3.71. The molecule has 21 heavy (non-hydrogen) atoms. The monoisotopic (exact) mass is 288 g/mol. The van der Waals surface area contributed by atoms with Gasteiger partial charge in [0.2, 0.25) is 0 Å². The number of fused-ring (bicyclic) bond motifs is 1. The molecule has 2 aromatic rings. The highest BCUT2D eigenvalue weighted by atomic mass is 16.5. The number of pyridine rings is 1. The number of urea groups is 1. The second-order valence-electron chi connectivity index (χ2n) is 5.21. The van der Waals surface area contributed by atoms with Gasteiger partial charge in [0.05, 0.1) is 11.7 Å². The zero-order valence-electron chi connectivity index (χ0n) is 11.9. The first-order valence-corrected chi connectivity index (χ1v) is 7.36. The molecule has 0 bridgehead atoms. The number of nitrogens with one attached hydrogen (secondary N) is 2. The lowest BCUT2D eigenvalue weighted by Crippen LogP contribution is -2.45. The summed E-state index contributed by atoms with van der Waals surface area (Å²) in [4.78, 5) is 16.2. The van der Waals surface area contributed by atoms with E-state index < -0.39 is 0 Å². The lowest BCUT2D eigenvalue weighted by Gasteiger charge is -2.23. The van der Waals surface area contributed by atoms with Crippen LogP contribution in [0.3, 0.4) is 0 Å². The quantitative estimate of drug-likeness (QED) is 0.892. The van der Waals surface area contributed by atoms with Crippen LogP contribution in [0, 0.1) is 0 Å². The number of carbonyl (C=O) groups excluding carboxylic acids is 1. The average molecular weight is 288 g/mol. The van der Waals surface area contributed by atoms with Crippen LogP contribution in [0.15, 0.2) is 30.6 Å². The SMILES string of the molecule is O=C(NCCc1ncc2ccccn12)NC1CCOCC1. The van der Waals surface area contributed by atoms with Crippen molar-refractivity contribution in [1.29, 1.82) is 0 Å². The van der Waals surface area contributed by atoms with Crippen LogP contribution < -0.4 is 10.6 Å². The summed E-state index contributed by atoms with van der Waals surface area (Å²) in [7, 11) is 0. The van der Waals surface area contributed by atoms with Crippen LogP contribution in [0.4, 0.5) is 4.79 Å². The molecular formula is C15H20N4O2. The topological polar surface area (TPSA) is 67.7 Å². The molecule has 0 atom stereocenters. The zero-order valence-corrected chi connectivity index (χ0v) is 11.9. The number of hydrogen-bond acceptors (Lipinski definition) is 3. The molecule has 0 aromatic carbocycles. The van der Waals surface area contributed by atoms with Gasteiger partial charge in [0, 0.05) is 38.4 Å². The van der Waals surface area contributed by atoms with Crippen LogP contribution in [0.1, 0.15) is 18.7 Å². The van der Waals surface area contributed by atoms with E-state index in [1.54, 1.807) is 0 Å². The van der Waals surface area contributed by atoms with E-state index in [1.165, 1.54) is 0 Å². The van der Waals surface area contributed by atoms with Crippen molar-refractivity contribution >= 4 is 11.5 Å². The molecule has 1 aliphatic rings. The Bertz CT molecular complexity index is 604. The van der Waals surface area contributed by atoms with E-state index in [9.17, 15) is 4.79 Å². The standard InChI is InChI=1S/C15H20N4O2/c20-15(18-12-5-9-21-10-6-12)16-7-4-14-17-11-13-3-1-2-8-19(13)14/h1-3,8,11-12H,4-7,9-10H2,(H2,16,18,20). The number of hydrogen-bond donors (Lipinski definition) is 2. The average Bonchev–Trinajstić information content (AvgIpc) is 2.92. The predicted molar refractivity (Wildman–Crippen MR) is 79.3 cm³/mol. The Labute approximate surface area is 123 Å². The third kappa shape index (κ3) is 3.52. The second-order valence-corrected chi connectivity index (χ2v) is 5.21. The highest BCUT2D eigenvalue weighted by Gasteiger charge is 2.15. The number of ether oxygens (including phenoxy) is 1. The van der Waals surface area contributed by atoms with Crippen LogP contribution in [-0.4, -0.2) is 41.2 Å². The van der Waals surface area contributed by atoms with Crippen LogP contribution in [0.2, 0.25) is 0 Å². The van der Waals surface area contributed by atoms with Gasteiger partial charge in [-0.3, -0.25) is 0 Å². The van der Waals surface area contributed by atoms with Crippen molar-refractivity contribution in [3.05, 3.63) is 36.4 Å². The molecule has 1 fully saturated rings. The van der Waals surface area contributed by atoms with Crippen molar-refractivity contribution in [1.82, 2.24) is 20.0 Å². The van der Waals surface area contributed by atoms with Crippen molar-refractivity contribution in [2.75, 3.05) is 19.8 Å². The van der Waals surface area contributed by atoms with E-state index >= 15 is 0 Å². The summed E-state index contributed by atoms with van der Waals surface area (Å²) in [5.41, 5.74) is 1.07. The second kappa shape index (κ2) is 6.58. The molecule has 112 valence electrons.